The first kappa shape index (κ1) is 17.5. The van der Waals surface area contributed by atoms with Crippen LogP contribution in [0.25, 0.3) is 5.78 Å². The maximum absolute atomic E-state index is 13.1. The smallest absolute Gasteiger partial charge is 0.255 e. The molecule has 0 aliphatic heterocycles. The summed E-state index contributed by atoms with van der Waals surface area (Å²) in [5.41, 5.74) is 2.90. The van der Waals surface area contributed by atoms with Gasteiger partial charge in [-0.15, -0.1) is 5.10 Å². The summed E-state index contributed by atoms with van der Waals surface area (Å²) in [5, 5.41) is 8.51. The number of rotatable bonds is 6. The van der Waals surface area contributed by atoms with Crippen molar-refractivity contribution >= 4 is 29.0 Å². The lowest BCUT2D eigenvalue weighted by Gasteiger charge is -2.08. The van der Waals surface area contributed by atoms with Crippen LogP contribution in [0.4, 0.5) is 15.9 Å². The molecule has 0 atom stereocenters. The van der Waals surface area contributed by atoms with E-state index in [4.69, 9.17) is 0 Å². The Morgan fingerprint density at radius 2 is 1.81 bits per heavy atom. The van der Waals surface area contributed by atoms with Gasteiger partial charge in [-0.2, -0.15) is 9.50 Å². The lowest BCUT2D eigenvalue weighted by molar-refractivity contribution is 0.628. The Morgan fingerprint density at radius 3 is 2.59 bits per heavy atom. The van der Waals surface area contributed by atoms with Gasteiger partial charge in [0.05, 0.1) is 0 Å². The maximum atomic E-state index is 13.1. The highest BCUT2D eigenvalue weighted by atomic mass is 32.2. The topological polar surface area (TPSA) is 55.1 Å². The van der Waals surface area contributed by atoms with E-state index in [9.17, 15) is 4.39 Å². The number of aromatic nitrogens is 4. The SMILES string of the molecule is Cc1cc(Nc2ccc(F)cc2)n2nc(SCCc3ccccc3)nc2n1. The van der Waals surface area contributed by atoms with Crippen LogP contribution in [0.5, 0.6) is 0 Å². The molecule has 7 heteroatoms. The molecular formula is C20H18FN5S. The van der Waals surface area contributed by atoms with E-state index in [1.807, 2.05) is 31.2 Å². The molecule has 2 aromatic carbocycles. The first-order chi connectivity index (χ1) is 13.2. The standard InChI is InChI=1S/C20H18FN5S/c1-14-13-18(23-17-9-7-16(21)8-10-17)26-19(22-14)24-20(25-26)27-12-11-15-5-3-2-4-6-15/h2-10,13,23H,11-12H2,1H3. The molecule has 0 saturated heterocycles. The van der Waals surface area contributed by atoms with E-state index in [-0.39, 0.29) is 5.82 Å². The summed E-state index contributed by atoms with van der Waals surface area (Å²) in [5.74, 6) is 1.91. The van der Waals surface area contributed by atoms with Crippen LogP contribution in [-0.2, 0) is 6.42 Å². The van der Waals surface area contributed by atoms with E-state index in [0.717, 1.165) is 29.4 Å². The first-order valence-electron chi connectivity index (χ1n) is 8.61. The van der Waals surface area contributed by atoms with Gasteiger partial charge in [0, 0.05) is 23.2 Å². The Bertz CT molecular complexity index is 1050. The van der Waals surface area contributed by atoms with Crippen LogP contribution in [-0.4, -0.2) is 25.3 Å². The number of anilines is 2. The first-order valence-corrected chi connectivity index (χ1v) is 9.60. The van der Waals surface area contributed by atoms with Crippen molar-refractivity contribution in [3.05, 3.63) is 77.7 Å². The average Bonchev–Trinajstić information content (AvgIpc) is 3.07. The van der Waals surface area contributed by atoms with Crippen molar-refractivity contribution in [1.29, 1.82) is 0 Å². The van der Waals surface area contributed by atoms with E-state index in [0.29, 0.717) is 10.9 Å². The lowest BCUT2D eigenvalue weighted by Crippen LogP contribution is -2.02. The van der Waals surface area contributed by atoms with Crippen LogP contribution in [0.2, 0.25) is 0 Å². The van der Waals surface area contributed by atoms with Gasteiger partial charge in [-0.1, -0.05) is 42.1 Å². The zero-order valence-electron chi connectivity index (χ0n) is 14.8. The summed E-state index contributed by atoms with van der Waals surface area (Å²) in [7, 11) is 0. The zero-order valence-corrected chi connectivity index (χ0v) is 15.6. The minimum Gasteiger partial charge on any atom is -0.340 e. The summed E-state index contributed by atoms with van der Waals surface area (Å²) < 4.78 is 14.8. The number of hydrogen-bond acceptors (Lipinski definition) is 5. The van der Waals surface area contributed by atoms with Crippen molar-refractivity contribution in [1.82, 2.24) is 19.6 Å². The monoisotopic (exact) mass is 379 g/mol. The van der Waals surface area contributed by atoms with E-state index in [1.54, 1.807) is 28.4 Å². The summed E-state index contributed by atoms with van der Waals surface area (Å²) in [6.45, 7) is 1.91. The molecule has 2 heterocycles. The van der Waals surface area contributed by atoms with Crippen molar-refractivity contribution in [2.45, 2.75) is 18.5 Å². The van der Waals surface area contributed by atoms with Crippen molar-refractivity contribution in [3.63, 3.8) is 0 Å². The predicted molar refractivity (Wildman–Crippen MR) is 106 cm³/mol. The predicted octanol–water partition coefficient (Wildman–Crippen LogP) is 4.65. The van der Waals surface area contributed by atoms with E-state index >= 15 is 0 Å². The molecule has 0 radical (unpaired) electrons. The Morgan fingerprint density at radius 1 is 1.04 bits per heavy atom. The minimum atomic E-state index is -0.269. The van der Waals surface area contributed by atoms with Crippen molar-refractivity contribution in [2.75, 3.05) is 11.1 Å². The van der Waals surface area contributed by atoms with E-state index in [2.05, 4.69) is 32.5 Å². The second-order valence-electron chi connectivity index (χ2n) is 6.10. The Kier molecular flexibility index (Phi) is 5.02. The largest absolute Gasteiger partial charge is 0.340 e. The molecule has 0 spiro atoms. The third kappa shape index (κ3) is 4.25. The molecule has 4 aromatic rings. The highest BCUT2D eigenvalue weighted by molar-refractivity contribution is 7.99. The van der Waals surface area contributed by atoms with Gasteiger partial charge >= 0.3 is 0 Å². The number of hydrogen-bond donors (Lipinski definition) is 1. The maximum Gasteiger partial charge on any atom is 0.255 e. The second kappa shape index (κ2) is 7.75. The van der Waals surface area contributed by atoms with Crippen LogP contribution in [0, 0.1) is 12.7 Å². The van der Waals surface area contributed by atoms with Gasteiger partial charge in [0.25, 0.3) is 5.78 Å². The molecule has 27 heavy (non-hydrogen) atoms. The number of halogens is 1. The fraction of sp³-hybridized carbons (Fsp3) is 0.150. The molecule has 136 valence electrons. The molecule has 0 bridgehead atoms. The molecule has 4 rings (SSSR count). The van der Waals surface area contributed by atoms with Crippen LogP contribution in [0.3, 0.4) is 0 Å². The summed E-state index contributed by atoms with van der Waals surface area (Å²) >= 11 is 1.60. The molecule has 1 N–H and O–H groups in total. The quantitative estimate of drug-likeness (QED) is 0.494. The van der Waals surface area contributed by atoms with E-state index in [1.165, 1.54) is 17.7 Å². The highest BCUT2D eigenvalue weighted by Gasteiger charge is 2.11. The Labute approximate surface area is 160 Å². The molecule has 0 aliphatic carbocycles. The van der Waals surface area contributed by atoms with Gasteiger partial charge in [0.2, 0.25) is 5.16 Å². The summed E-state index contributed by atoms with van der Waals surface area (Å²) in [6, 6.07) is 18.4. The molecule has 0 saturated carbocycles. The number of thioether (sulfide) groups is 1. The summed E-state index contributed by atoms with van der Waals surface area (Å²) in [4.78, 5) is 8.98. The molecule has 0 fully saturated rings. The fourth-order valence-electron chi connectivity index (χ4n) is 2.70. The van der Waals surface area contributed by atoms with Crippen LogP contribution < -0.4 is 5.32 Å². The molecular weight excluding hydrogens is 361 g/mol. The van der Waals surface area contributed by atoms with Crippen molar-refractivity contribution < 1.29 is 4.39 Å². The van der Waals surface area contributed by atoms with E-state index < -0.39 is 0 Å². The summed E-state index contributed by atoms with van der Waals surface area (Å²) in [6.07, 6.45) is 0.953. The minimum absolute atomic E-state index is 0.269. The van der Waals surface area contributed by atoms with Crippen LogP contribution in [0.15, 0.2) is 65.8 Å². The second-order valence-corrected chi connectivity index (χ2v) is 7.17. The number of nitrogens with one attached hydrogen (secondary N) is 1. The Balaban J connectivity index is 1.53. The zero-order chi connectivity index (χ0) is 18.6. The number of aryl methyl sites for hydroxylation is 2. The lowest BCUT2D eigenvalue weighted by atomic mass is 10.2. The van der Waals surface area contributed by atoms with Gasteiger partial charge in [-0.3, -0.25) is 0 Å². The number of fused-ring (bicyclic) bond motifs is 1. The van der Waals surface area contributed by atoms with Crippen LogP contribution in [0.1, 0.15) is 11.3 Å². The average molecular weight is 379 g/mol. The number of nitrogens with zero attached hydrogens (tertiary/aromatic N) is 4. The highest BCUT2D eigenvalue weighted by Crippen LogP contribution is 2.21. The molecule has 2 aromatic heterocycles. The van der Waals surface area contributed by atoms with Gasteiger partial charge in [-0.25, -0.2) is 9.37 Å². The van der Waals surface area contributed by atoms with Gasteiger partial charge in [0.1, 0.15) is 11.6 Å². The molecule has 5 nitrogen and oxygen atoms in total. The number of benzene rings is 2. The van der Waals surface area contributed by atoms with Crippen molar-refractivity contribution in [2.24, 2.45) is 0 Å². The fourth-order valence-corrected chi connectivity index (χ4v) is 3.51. The van der Waals surface area contributed by atoms with Gasteiger partial charge in [-0.05, 0) is 43.2 Å². The molecule has 0 aliphatic rings. The van der Waals surface area contributed by atoms with Gasteiger partial charge < -0.3 is 5.32 Å². The Hall–Kier alpha value is -2.93. The third-order valence-electron chi connectivity index (χ3n) is 4.00. The van der Waals surface area contributed by atoms with Crippen molar-refractivity contribution in [3.8, 4) is 0 Å². The normalized spacial score (nSPS) is 11.0. The van der Waals surface area contributed by atoms with Crippen LogP contribution >= 0.6 is 11.8 Å². The van der Waals surface area contributed by atoms with Gasteiger partial charge in [0.15, 0.2) is 0 Å². The molecule has 0 amide bonds. The third-order valence-corrected chi connectivity index (χ3v) is 4.84. The molecule has 0 unspecified atom stereocenters.